The highest BCUT2D eigenvalue weighted by Gasteiger charge is 2.20. The van der Waals surface area contributed by atoms with Gasteiger partial charge in [-0.15, -0.1) is 0 Å². The number of hydrogen-bond acceptors (Lipinski definition) is 2. The van der Waals surface area contributed by atoms with Gasteiger partial charge < -0.3 is 4.57 Å². The van der Waals surface area contributed by atoms with Crippen molar-refractivity contribution in [3.63, 3.8) is 0 Å². The zero-order valence-electron chi connectivity index (χ0n) is 13.6. The van der Waals surface area contributed by atoms with Crippen molar-refractivity contribution in [3.8, 4) is 5.69 Å². The fraction of sp³-hybridized carbons (Fsp3) is 0. The summed E-state index contributed by atoms with van der Waals surface area (Å²) in [4.78, 5) is 0.155. The first-order chi connectivity index (χ1) is 12.6. The largest absolute Gasteiger partial charge is 0.322 e. The van der Waals surface area contributed by atoms with E-state index in [2.05, 4.69) is 4.72 Å². The Morgan fingerprint density at radius 2 is 1.50 bits per heavy atom. The first-order valence-corrected chi connectivity index (χ1v) is 9.85. The number of benzene rings is 3. The van der Waals surface area contributed by atoms with Crippen molar-refractivity contribution in [3.05, 3.63) is 90.2 Å². The lowest BCUT2D eigenvalue weighted by molar-refractivity contribution is 0.602. The molecule has 1 heterocycles. The Kier molecular flexibility index (Phi) is 4.18. The van der Waals surface area contributed by atoms with Gasteiger partial charge in [0.05, 0.1) is 16.3 Å². The van der Waals surface area contributed by atoms with Crippen LogP contribution >= 0.6 is 11.6 Å². The number of anilines is 1. The second kappa shape index (κ2) is 6.52. The summed E-state index contributed by atoms with van der Waals surface area (Å²) in [6, 6.07) is 21.5. The van der Waals surface area contributed by atoms with E-state index in [-0.39, 0.29) is 4.90 Å². The van der Waals surface area contributed by atoms with Gasteiger partial charge in [0.15, 0.2) is 0 Å². The van der Waals surface area contributed by atoms with E-state index in [1.807, 2.05) is 53.4 Å². The molecule has 1 N–H and O–H groups in total. The molecule has 0 atom stereocenters. The molecule has 3 aromatic carbocycles. The summed E-state index contributed by atoms with van der Waals surface area (Å²) >= 11 is 6.29. The Bertz CT molecular complexity index is 1180. The summed E-state index contributed by atoms with van der Waals surface area (Å²) in [6.45, 7) is 0. The minimum atomic E-state index is -3.82. The quantitative estimate of drug-likeness (QED) is 0.534. The standard InChI is InChI=1S/C20H15ClN2O2S/c21-16-9-5-7-15-8-6-12-19(20(15)16)26(24,25)22-17-10-1-2-11-18(17)23-13-3-4-14-23/h1-14,22H. The van der Waals surface area contributed by atoms with E-state index < -0.39 is 10.0 Å². The SMILES string of the molecule is O=S(=O)(Nc1ccccc1-n1cccc1)c1cccc2cccc(Cl)c12. The molecule has 1 aromatic heterocycles. The molecular formula is C20H15ClN2O2S. The predicted molar refractivity (Wildman–Crippen MR) is 106 cm³/mol. The molecule has 4 nitrogen and oxygen atoms in total. The number of hydrogen-bond donors (Lipinski definition) is 1. The van der Waals surface area contributed by atoms with Crippen molar-refractivity contribution in [1.82, 2.24) is 4.57 Å². The molecule has 0 spiro atoms. The van der Waals surface area contributed by atoms with Crippen molar-refractivity contribution in [2.45, 2.75) is 4.90 Å². The van der Waals surface area contributed by atoms with Crippen LogP contribution in [0.5, 0.6) is 0 Å². The van der Waals surface area contributed by atoms with Crippen molar-refractivity contribution >= 4 is 38.1 Å². The van der Waals surface area contributed by atoms with Crippen LogP contribution in [-0.2, 0) is 10.0 Å². The Morgan fingerprint density at radius 3 is 2.27 bits per heavy atom. The van der Waals surface area contributed by atoms with Gasteiger partial charge in [0, 0.05) is 22.8 Å². The summed E-state index contributed by atoms with van der Waals surface area (Å²) in [5.74, 6) is 0. The second-order valence-electron chi connectivity index (χ2n) is 5.81. The Morgan fingerprint density at radius 1 is 0.808 bits per heavy atom. The molecule has 0 amide bonds. The van der Waals surface area contributed by atoms with Gasteiger partial charge in [-0.1, -0.05) is 48.0 Å². The lowest BCUT2D eigenvalue weighted by atomic mass is 10.1. The van der Waals surface area contributed by atoms with E-state index >= 15 is 0 Å². The number of nitrogens with one attached hydrogen (secondary N) is 1. The summed E-state index contributed by atoms with van der Waals surface area (Å²) in [7, 11) is -3.82. The van der Waals surface area contributed by atoms with Crippen LogP contribution in [0.25, 0.3) is 16.5 Å². The average Bonchev–Trinajstić information content (AvgIpc) is 3.16. The van der Waals surface area contributed by atoms with E-state index in [0.717, 1.165) is 11.1 Å². The molecule has 6 heteroatoms. The summed E-state index contributed by atoms with van der Waals surface area (Å²) < 4.78 is 30.8. The third-order valence-electron chi connectivity index (χ3n) is 4.14. The maximum absolute atomic E-state index is 13.1. The third kappa shape index (κ3) is 2.96. The molecule has 0 bridgehead atoms. The molecule has 0 fully saturated rings. The minimum absolute atomic E-state index is 0.155. The smallest absolute Gasteiger partial charge is 0.262 e. The Balaban J connectivity index is 1.84. The normalized spacial score (nSPS) is 11.6. The average molecular weight is 383 g/mol. The molecule has 26 heavy (non-hydrogen) atoms. The number of sulfonamides is 1. The molecule has 4 rings (SSSR count). The lowest BCUT2D eigenvalue weighted by Gasteiger charge is -2.15. The van der Waals surface area contributed by atoms with Gasteiger partial charge >= 0.3 is 0 Å². The summed E-state index contributed by atoms with van der Waals surface area (Å²) in [6.07, 6.45) is 3.73. The number of nitrogens with zero attached hydrogens (tertiary/aromatic N) is 1. The van der Waals surface area contributed by atoms with Gasteiger partial charge in [0.1, 0.15) is 0 Å². The van der Waals surface area contributed by atoms with Crippen LogP contribution in [0.4, 0.5) is 5.69 Å². The van der Waals surface area contributed by atoms with Gasteiger partial charge in [-0.3, -0.25) is 4.72 Å². The fourth-order valence-corrected chi connectivity index (χ4v) is 4.63. The second-order valence-corrected chi connectivity index (χ2v) is 7.87. The summed E-state index contributed by atoms with van der Waals surface area (Å²) in [5.41, 5.74) is 1.24. The maximum atomic E-state index is 13.1. The van der Waals surface area contributed by atoms with Crippen molar-refractivity contribution in [2.75, 3.05) is 4.72 Å². The van der Waals surface area contributed by atoms with Crippen LogP contribution in [0.3, 0.4) is 0 Å². The number of para-hydroxylation sites is 2. The molecule has 0 saturated carbocycles. The van der Waals surface area contributed by atoms with Gasteiger partial charge in [0.25, 0.3) is 10.0 Å². The number of fused-ring (bicyclic) bond motifs is 1. The minimum Gasteiger partial charge on any atom is -0.322 e. The fourth-order valence-electron chi connectivity index (χ4n) is 2.97. The lowest BCUT2D eigenvalue weighted by Crippen LogP contribution is -2.15. The van der Waals surface area contributed by atoms with Gasteiger partial charge in [0.2, 0.25) is 0 Å². The highest BCUT2D eigenvalue weighted by atomic mass is 35.5. The van der Waals surface area contributed by atoms with Gasteiger partial charge in [-0.05, 0) is 41.8 Å². The Hall–Kier alpha value is -2.76. The molecule has 0 aliphatic carbocycles. The van der Waals surface area contributed by atoms with E-state index in [4.69, 9.17) is 11.6 Å². The molecular weight excluding hydrogens is 368 g/mol. The van der Waals surface area contributed by atoms with Crippen LogP contribution in [0.15, 0.2) is 90.1 Å². The van der Waals surface area contributed by atoms with Crippen LogP contribution in [-0.4, -0.2) is 13.0 Å². The van der Waals surface area contributed by atoms with E-state index in [0.29, 0.717) is 16.1 Å². The first-order valence-electron chi connectivity index (χ1n) is 7.99. The van der Waals surface area contributed by atoms with E-state index in [1.54, 1.807) is 36.4 Å². The van der Waals surface area contributed by atoms with Crippen LogP contribution in [0.2, 0.25) is 5.02 Å². The third-order valence-corrected chi connectivity index (χ3v) is 5.86. The summed E-state index contributed by atoms with van der Waals surface area (Å²) in [5, 5.41) is 1.70. The Labute approximate surface area is 156 Å². The van der Waals surface area contributed by atoms with Crippen molar-refractivity contribution in [2.24, 2.45) is 0 Å². The van der Waals surface area contributed by atoms with Gasteiger partial charge in [-0.25, -0.2) is 8.42 Å². The topological polar surface area (TPSA) is 51.1 Å². The van der Waals surface area contributed by atoms with Crippen molar-refractivity contribution < 1.29 is 8.42 Å². The highest BCUT2D eigenvalue weighted by molar-refractivity contribution is 7.93. The number of halogens is 1. The monoisotopic (exact) mass is 382 g/mol. The van der Waals surface area contributed by atoms with E-state index in [9.17, 15) is 8.42 Å². The molecule has 0 aliphatic rings. The van der Waals surface area contributed by atoms with Crippen LogP contribution in [0, 0.1) is 0 Å². The predicted octanol–water partition coefficient (Wildman–Crippen LogP) is 5.08. The molecule has 0 unspecified atom stereocenters. The number of aromatic nitrogens is 1. The molecule has 0 saturated heterocycles. The maximum Gasteiger partial charge on any atom is 0.262 e. The van der Waals surface area contributed by atoms with E-state index in [1.165, 1.54) is 0 Å². The first kappa shape index (κ1) is 16.7. The molecule has 0 aliphatic heterocycles. The molecule has 130 valence electrons. The highest BCUT2D eigenvalue weighted by Crippen LogP contribution is 2.31. The zero-order chi connectivity index (χ0) is 18.1. The zero-order valence-corrected chi connectivity index (χ0v) is 15.2. The molecule has 0 radical (unpaired) electrons. The van der Waals surface area contributed by atoms with Crippen LogP contribution < -0.4 is 4.72 Å². The van der Waals surface area contributed by atoms with Gasteiger partial charge in [-0.2, -0.15) is 0 Å². The van der Waals surface area contributed by atoms with Crippen molar-refractivity contribution in [1.29, 1.82) is 0 Å². The molecule has 4 aromatic rings. The van der Waals surface area contributed by atoms with Crippen LogP contribution in [0.1, 0.15) is 0 Å². The number of rotatable bonds is 4.